The zero-order valence-electron chi connectivity index (χ0n) is 15.3. The molecule has 1 N–H and O–H groups in total. The van der Waals surface area contributed by atoms with Crippen molar-refractivity contribution in [1.29, 1.82) is 0 Å². The highest BCUT2D eigenvalue weighted by molar-refractivity contribution is 5.97. The molecule has 5 nitrogen and oxygen atoms in total. The first-order valence-electron chi connectivity index (χ1n) is 8.93. The molecule has 0 saturated carbocycles. The average Bonchev–Trinajstić information content (AvgIpc) is 2.68. The average molecular weight is 351 g/mol. The van der Waals surface area contributed by atoms with E-state index in [0.717, 1.165) is 24.4 Å². The standard InChI is InChI=1S/C21H25N3O2/c1-16-8-6-7-11-19(16)21(25)23-22-17(2)20(18-9-4-3-5-10-18)24-12-14-26-15-13-24/h3-11,20H,12-15H2,1-2H3,(H,23,25)/b22-17-/t20-/m0/s1. The number of rotatable bonds is 5. The Morgan fingerprint density at radius 2 is 1.73 bits per heavy atom. The van der Waals surface area contributed by atoms with Gasteiger partial charge >= 0.3 is 0 Å². The van der Waals surface area contributed by atoms with Crippen LogP contribution in [0.2, 0.25) is 0 Å². The van der Waals surface area contributed by atoms with Gasteiger partial charge in [-0.2, -0.15) is 5.10 Å². The first-order valence-corrected chi connectivity index (χ1v) is 8.93. The van der Waals surface area contributed by atoms with Crippen LogP contribution in [0.3, 0.4) is 0 Å². The lowest BCUT2D eigenvalue weighted by atomic mass is 10.0. The molecule has 0 radical (unpaired) electrons. The van der Waals surface area contributed by atoms with Crippen molar-refractivity contribution < 1.29 is 9.53 Å². The molecular formula is C21H25N3O2. The molecule has 26 heavy (non-hydrogen) atoms. The molecule has 2 aromatic carbocycles. The van der Waals surface area contributed by atoms with Gasteiger partial charge in [-0.1, -0.05) is 48.5 Å². The normalized spacial score (nSPS) is 16.9. The molecule has 1 aliphatic rings. The second kappa shape index (κ2) is 8.74. The van der Waals surface area contributed by atoms with E-state index in [1.54, 1.807) is 0 Å². The van der Waals surface area contributed by atoms with Crippen molar-refractivity contribution in [1.82, 2.24) is 10.3 Å². The van der Waals surface area contributed by atoms with E-state index in [1.807, 2.05) is 56.3 Å². The van der Waals surface area contributed by atoms with Crippen molar-refractivity contribution in [2.45, 2.75) is 19.9 Å². The van der Waals surface area contributed by atoms with Crippen molar-refractivity contribution in [2.24, 2.45) is 5.10 Å². The molecule has 1 fully saturated rings. The maximum absolute atomic E-state index is 12.5. The van der Waals surface area contributed by atoms with Gasteiger partial charge in [-0.25, -0.2) is 5.43 Å². The molecule has 2 aromatic rings. The van der Waals surface area contributed by atoms with Gasteiger partial charge < -0.3 is 4.74 Å². The van der Waals surface area contributed by atoms with Crippen LogP contribution in [0.1, 0.15) is 34.5 Å². The molecule has 1 amide bonds. The van der Waals surface area contributed by atoms with Crippen molar-refractivity contribution in [2.75, 3.05) is 26.3 Å². The van der Waals surface area contributed by atoms with E-state index >= 15 is 0 Å². The fourth-order valence-electron chi connectivity index (χ4n) is 3.28. The monoisotopic (exact) mass is 351 g/mol. The number of nitrogens with one attached hydrogen (secondary N) is 1. The molecule has 1 saturated heterocycles. The zero-order chi connectivity index (χ0) is 18.4. The molecular weight excluding hydrogens is 326 g/mol. The van der Waals surface area contributed by atoms with Gasteiger partial charge in [0.15, 0.2) is 0 Å². The lowest BCUT2D eigenvalue weighted by Crippen LogP contribution is -2.42. The summed E-state index contributed by atoms with van der Waals surface area (Å²) in [4.78, 5) is 14.8. The van der Waals surface area contributed by atoms with Crippen LogP contribution in [0.5, 0.6) is 0 Å². The molecule has 3 rings (SSSR count). The van der Waals surface area contributed by atoms with Crippen molar-refractivity contribution in [3.05, 3.63) is 71.3 Å². The zero-order valence-corrected chi connectivity index (χ0v) is 15.3. The summed E-state index contributed by atoms with van der Waals surface area (Å²) in [5.74, 6) is -0.184. The largest absolute Gasteiger partial charge is 0.379 e. The molecule has 1 aliphatic heterocycles. The van der Waals surface area contributed by atoms with Gasteiger partial charge in [0.25, 0.3) is 5.91 Å². The van der Waals surface area contributed by atoms with Gasteiger partial charge in [-0.3, -0.25) is 9.69 Å². The molecule has 136 valence electrons. The Labute approximate surface area is 154 Å². The Hall–Kier alpha value is -2.50. The van der Waals surface area contributed by atoms with Gasteiger partial charge in [0, 0.05) is 18.7 Å². The maximum atomic E-state index is 12.5. The second-order valence-electron chi connectivity index (χ2n) is 6.47. The summed E-state index contributed by atoms with van der Waals surface area (Å²) >= 11 is 0. The summed E-state index contributed by atoms with van der Waals surface area (Å²) in [6.07, 6.45) is 0. The summed E-state index contributed by atoms with van der Waals surface area (Å²) < 4.78 is 5.48. The molecule has 0 bridgehead atoms. The SMILES string of the molecule is C/C(=N/NC(=O)c1ccccc1C)[C@@H](c1ccccc1)N1CCOCC1. The van der Waals surface area contributed by atoms with Gasteiger partial charge in [-0.15, -0.1) is 0 Å². The number of benzene rings is 2. The van der Waals surface area contributed by atoms with Crippen molar-refractivity contribution in [3.8, 4) is 0 Å². The number of hydrazone groups is 1. The highest BCUT2D eigenvalue weighted by Gasteiger charge is 2.25. The summed E-state index contributed by atoms with van der Waals surface area (Å²) in [6, 6.07) is 17.8. The predicted molar refractivity (Wildman–Crippen MR) is 103 cm³/mol. The van der Waals surface area contributed by atoms with E-state index in [9.17, 15) is 4.79 Å². The van der Waals surface area contributed by atoms with Crippen LogP contribution in [0.4, 0.5) is 0 Å². The molecule has 0 aromatic heterocycles. The van der Waals surface area contributed by atoms with Crippen LogP contribution in [0.15, 0.2) is 59.7 Å². The quantitative estimate of drug-likeness (QED) is 0.665. The number of carbonyl (C=O) groups is 1. The molecule has 1 heterocycles. The minimum absolute atomic E-state index is 0.0253. The number of ether oxygens (including phenoxy) is 1. The smallest absolute Gasteiger partial charge is 0.271 e. The Morgan fingerprint density at radius 3 is 2.42 bits per heavy atom. The van der Waals surface area contributed by atoms with Crippen LogP contribution in [-0.2, 0) is 4.74 Å². The summed E-state index contributed by atoms with van der Waals surface area (Å²) in [7, 11) is 0. The maximum Gasteiger partial charge on any atom is 0.271 e. The third-order valence-electron chi connectivity index (χ3n) is 4.65. The number of carbonyl (C=O) groups excluding carboxylic acids is 1. The van der Waals surface area contributed by atoms with E-state index in [4.69, 9.17) is 4.74 Å². The van der Waals surface area contributed by atoms with Crippen molar-refractivity contribution in [3.63, 3.8) is 0 Å². The predicted octanol–water partition coefficient (Wildman–Crippen LogP) is 3.17. The summed E-state index contributed by atoms with van der Waals surface area (Å²) in [5, 5.41) is 4.43. The number of nitrogens with zero attached hydrogens (tertiary/aromatic N) is 2. The van der Waals surface area contributed by atoms with Gasteiger partial charge in [0.1, 0.15) is 0 Å². The van der Waals surface area contributed by atoms with E-state index in [1.165, 1.54) is 5.56 Å². The third kappa shape index (κ3) is 4.36. The number of hydrogen-bond donors (Lipinski definition) is 1. The first kappa shape index (κ1) is 18.3. The van der Waals surface area contributed by atoms with Crippen LogP contribution < -0.4 is 5.43 Å². The molecule has 0 spiro atoms. The molecule has 0 aliphatic carbocycles. The van der Waals surface area contributed by atoms with Gasteiger partial charge in [0.05, 0.1) is 25.0 Å². The Morgan fingerprint density at radius 1 is 1.08 bits per heavy atom. The third-order valence-corrected chi connectivity index (χ3v) is 4.65. The fraction of sp³-hybridized carbons (Fsp3) is 0.333. The van der Waals surface area contributed by atoms with Crippen LogP contribution in [-0.4, -0.2) is 42.8 Å². The molecule has 1 atom stereocenters. The van der Waals surface area contributed by atoms with E-state index in [-0.39, 0.29) is 11.9 Å². The number of amides is 1. The lowest BCUT2D eigenvalue weighted by Gasteiger charge is -2.34. The van der Waals surface area contributed by atoms with Crippen molar-refractivity contribution >= 4 is 11.6 Å². The van der Waals surface area contributed by atoms with E-state index in [2.05, 4.69) is 27.6 Å². The minimum Gasteiger partial charge on any atom is -0.379 e. The fourth-order valence-corrected chi connectivity index (χ4v) is 3.28. The van der Waals surface area contributed by atoms with Crippen LogP contribution >= 0.6 is 0 Å². The topological polar surface area (TPSA) is 53.9 Å². The number of aryl methyl sites for hydroxylation is 1. The van der Waals surface area contributed by atoms with E-state index in [0.29, 0.717) is 18.8 Å². The van der Waals surface area contributed by atoms with Gasteiger partial charge in [0.2, 0.25) is 0 Å². The van der Waals surface area contributed by atoms with Gasteiger partial charge in [-0.05, 0) is 31.0 Å². The number of morpholine rings is 1. The highest BCUT2D eigenvalue weighted by Crippen LogP contribution is 2.23. The Balaban J connectivity index is 1.80. The minimum atomic E-state index is -0.184. The Bertz CT molecular complexity index is 768. The molecule has 0 unspecified atom stereocenters. The Kier molecular flexibility index (Phi) is 6.15. The molecule has 5 heteroatoms. The highest BCUT2D eigenvalue weighted by atomic mass is 16.5. The van der Waals surface area contributed by atoms with Crippen LogP contribution in [0.25, 0.3) is 0 Å². The number of hydrogen-bond acceptors (Lipinski definition) is 4. The first-order chi connectivity index (χ1) is 12.7. The summed E-state index contributed by atoms with van der Waals surface area (Å²) in [6.45, 7) is 7.01. The van der Waals surface area contributed by atoms with Crippen LogP contribution in [0, 0.1) is 6.92 Å². The second-order valence-corrected chi connectivity index (χ2v) is 6.47. The summed E-state index contributed by atoms with van der Waals surface area (Å²) in [5.41, 5.74) is 6.33. The van der Waals surface area contributed by atoms with E-state index < -0.39 is 0 Å². The lowest BCUT2D eigenvalue weighted by molar-refractivity contribution is 0.0285.